The summed E-state index contributed by atoms with van der Waals surface area (Å²) in [5.74, 6) is 0.546. The molecule has 1 N–H and O–H groups in total. The molecule has 0 fully saturated rings. The highest BCUT2D eigenvalue weighted by molar-refractivity contribution is 9.10. The van der Waals surface area contributed by atoms with Gasteiger partial charge in [0.2, 0.25) is 5.88 Å². The number of aromatic nitrogens is 1. The lowest BCUT2D eigenvalue weighted by atomic mass is 10.4. The van der Waals surface area contributed by atoms with Crippen molar-refractivity contribution in [3.63, 3.8) is 0 Å². The Kier molecular flexibility index (Phi) is 3.49. The molecule has 1 heterocycles. The van der Waals surface area contributed by atoms with Gasteiger partial charge in [-0.15, -0.1) is 0 Å². The first-order valence-electron chi connectivity index (χ1n) is 3.61. The van der Waals surface area contributed by atoms with E-state index in [4.69, 9.17) is 9.84 Å². The molecule has 3 nitrogen and oxygen atoms in total. The van der Waals surface area contributed by atoms with E-state index in [0.717, 1.165) is 10.2 Å². The quantitative estimate of drug-likeness (QED) is 0.859. The third kappa shape index (κ3) is 2.46. The summed E-state index contributed by atoms with van der Waals surface area (Å²) in [5.41, 5.74) is 0.880. The van der Waals surface area contributed by atoms with Gasteiger partial charge in [-0.25, -0.2) is 4.98 Å². The number of nitrogens with zero attached hydrogens (tertiary/aromatic N) is 1. The van der Waals surface area contributed by atoms with Gasteiger partial charge in [0.15, 0.2) is 0 Å². The van der Waals surface area contributed by atoms with Crippen LogP contribution in [0.2, 0.25) is 0 Å². The van der Waals surface area contributed by atoms with Crippen molar-refractivity contribution in [3.05, 3.63) is 22.3 Å². The number of pyridine rings is 1. The van der Waals surface area contributed by atoms with E-state index in [0.29, 0.717) is 5.88 Å². The Labute approximate surface area is 79.5 Å². The van der Waals surface area contributed by atoms with Crippen molar-refractivity contribution >= 4 is 15.9 Å². The Balaban J connectivity index is 2.69. The van der Waals surface area contributed by atoms with Gasteiger partial charge in [-0.1, -0.05) is 0 Å². The molecule has 0 unspecified atom stereocenters. The Hall–Kier alpha value is -0.610. The van der Waals surface area contributed by atoms with Gasteiger partial charge in [0.05, 0.1) is 12.3 Å². The van der Waals surface area contributed by atoms with Crippen molar-refractivity contribution in [3.8, 4) is 5.88 Å². The van der Waals surface area contributed by atoms with Crippen molar-refractivity contribution < 1.29 is 9.84 Å². The van der Waals surface area contributed by atoms with Gasteiger partial charge in [-0.05, 0) is 28.9 Å². The fraction of sp³-hybridized carbons (Fsp3) is 0.375. The second-order valence-electron chi connectivity index (χ2n) is 2.29. The van der Waals surface area contributed by atoms with Gasteiger partial charge in [-0.2, -0.15) is 0 Å². The molecule has 0 aliphatic heterocycles. The van der Waals surface area contributed by atoms with E-state index >= 15 is 0 Å². The predicted molar refractivity (Wildman–Crippen MR) is 49.3 cm³/mol. The molecule has 66 valence electrons. The zero-order valence-corrected chi connectivity index (χ0v) is 8.34. The van der Waals surface area contributed by atoms with Crippen LogP contribution < -0.4 is 4.74 Å². The Morgan fingerprint density at radius 3 is 2.92 bits per heavy atom. The molecule has 12 heavy (non-hydrogen) atoms. The highest BCUT2D eigenvalue weighted by Crippen LogP contribution is 2.17. The van der Waals surface area contributed by atoms with E-state index in [1.54, 1.807) is 6.07 Å². The molecular weight excluding hydrogens is 222 g/mol. The minimum atomic E-state index is 0.0107. The molecule has 0 aliphatic carbocycles. The van der Waals surface area contributed by atoms with Crippen LogP contribution in [0.25, 0.3) is 0 Å². The molecule has 0 saturated heterocycles. The van der Waals surface area contributed by atoms with E-state index in [-0.39, 0.29) is 13.2 Å². The molecule has 0 atom stereocenters. The number of hydrogen-bond donors (Lipinski definition) is 1. The first-order chi connectivity index (χ1) is 5.74. The van der Waals surface area contributed by atoms with E-state index < -0.39 is 0 Å². The number of aliphatic hydroxyl groups excluding tert-OH is 1. The lowest BCUT2D eigenvalue weighted by molar-refractivity contribution is 0.196. The largest absolute Gasteiger partial charge is 0.475 e. The van der Waals surface area contributed by atoms with Crippen LogP contribution in [0, 0.1) is 6.92 Å². The third-order valence-corrected chi connectivity index (χ3v) is 2.18. The van der Waals surface area contributed by atoms with Crippen molar-refractivity contribution in [2.24, 2.45) is 0 Å². The Morgan fingerprint density at radius 2 is 2.33 bits per heavy atom. The third-order valence-electron chi connectivity index (χ3n) is 1.34. The van der Waals surface area contributed by atoms with E-state index in [9.17, 15) is 0 Å². The van der Waals surface area contributed by atoms with Crippen LogP contribution in [0.15, 0.2) is 16.6 Å². The van der Waals surface area contributed by atoms with E-state index in [1.165, 1.54) is 0 Å². The highest BCUT2D eigenvalue weighted by atomic mass is 79.9. The summed E-state index contributed by atoms with van der Waals surface area (Å²) in [6.07, 6.45) is 0. The topological polar surface area (TPSA) is 42.4 Å². The van der Waals surface area contributed by atoms with Gasteiger partial charge in [0.25, 0.3) is 0 Å². The van der Waals surface area contributed by atoms with E-state index in [2.05, 4.69) is 20.9 Å². The number of rotatable bonds is 3. The summed E-state index contributed by atoms with van der Waals surface area (Å²) < 4.78 is 6.07. The summed E-state index contributed by atoms with van der Waals surface area (Å²) in [4.78, 5) is 4.13. The van der Waals surface area contributed by atoms with Crippen molar-refractivity contribution in [2.75, 3.05) is 13.2 Å². The van der Waals surface area contributed by atoms with E-state index in [1.807, 2.05) is 13.0 Å². The maximum Gasteiger partial charge on any atom is 0.213 e. The SMILES string of the molecule is Cc1nc(OCCO)ccc1Br. The molecule has 0 bridgehead atoms. The fourth-order valence-electron chi connectivity index (χ4n) is 0.752. The summed E-state index contributed by atoms with van der Waals surface area (Å²) in [6.45, 7) is 2.18. The van der Waals surface area contributed by atoms with Gasteiger partial charge in [-0.3, -0.25) is 0 Å². The number of aryl methyl sites for hydroxylation is 1. The van der Waals surface area contributed by atoms with Gasteiger partial charge in [0.1, 0.15) is 6.61 Å². The molecule has 4 heteroatoms. The average molecular weight is 232 g/mol. The molecule has 0 radical (unpaired) electrons. The zero-order valence-electron chi connectivity index (χ0n) is 6.75. The molecule has 0 amide bonds. The monoisotopic (exact) mass is 231 g/mol. The first-order valence-corrected chi connectivity index (χ1v) is 4.40. The van der Waals surface area contributed by atoms with Crippen molar-refractivity contribution in [1.29, 1.82) is 0 Å². The fourth-order valence-corrected chi connectivity index (χ4v) is 0.972. The Morgan fingerprint density at radius 1 is 1.58 bits per heavy atom. The highest BCUT2D eigenvalue weighted by Gasteiger charge is 1.98. The number of halogens is 1. The van der Waals surface area contributed by atoms with Crippen LogP contribution in [0.5, 0.6) is 5.88 Å². The average Bonchev–Trinajstić information content (AvgIpc) is 2.07. The van der Waals surface area contributed by atoms with Gasteiger partial charge in [0, 0.05) is 10.5 Å². The normalized spacial score (nSPS) is 9.92. The standard InChI is InChI=1S/C8H10BrNO2/c1-6-7(9)2-3-8(10-6)12-5-4-11/h2-3,11H,4-5H2,1H3. The first kappa shape index (κ1) is 9.48. The molecule has 1 aromatic heterocycles. The minimum Gasteiger partial charge on any atom is -0.475 e. The second-order valence-corrected chi connectivity index (χ2v) is 3.14. The number of hydrogen-bond acceptors (Lipinski definition) is 3. The molecule has 0 saturated carbocycles. The lowest BCUT2D eigenvalue weighted by Crippen LogP contribution is -2.03. The van der Waals surface area contributed by atoms with Crippen LogP contribution in [-0.4, -0.2) is 23.3 Å². The summed E-state index contributed by atoms with van der Waals surface area (Å²) in [7, 11) is 0. The smallest absolute Gasteiger partial charge is 0.213 e. The number of aliphatic hydroxyl groups is 1. The van der Waals surface area contributed by atoms with Crippen LogP contribution >= 0.6 is 15.9 Å². The summed E-state index contributed by atoms with van der Waals surface area (Å²) >= 11 is 3.33. The molecule has 0 spiro atoms. The van der Waals surface area contributed by atoms with Gasteiger partial charge < -0.3 is 9.84 Å². The summed E-state index contributed by atoms with van der Waals surface area (Å²) in [5, 5.41) is 8.49. The zero-order chi connectivity index (χ0) is 8.97. The predicted octanol–water partition coefficient (Wildman–Crippen LogP) is 1.52. The van der Waals surface area contributed by atoms with Gasteiger partial charge >= 0.3 is 0 Å². The second kappa shape index (κ2) is 4.42. The maximum atomic E-state index is 8.49. The van der Waals surface area contributed by atoms with Crippen LogP contribution in [-0.2, 0) is 0 Å². The van der Waals surface area contributed by atoms with Crippen molar-refractivity contribution in [1.82, 2.24) is 4.98 Å². The minimum absolute atomic E-state index is 0.0107. The molecule has 1 rings (SSSR count). The van der Waals surface area contributed by atoms with Crippen LogP contribution in [0.3, 0.4) is 0 Å². The maximum absolute atomic E-state index is 8.49. The molecular formula is C8H10BrNO2. The van der Waals surface area contributed by atoms with Crippen LogP contribution in [0.4, 0.5) is 0 Å². The molecule has 0 aliphatic rings. The van der Waals surface area contributed by atoms with Crippen molar-refractivity contribution in [2.45, 2.75) is 6.92 Å². The summed E-state index contributed by atoms with van der Waals surface area (Å²) in [6, 6.07) is 3.63. The molecule has 0 aromatic carbocycles. The van der Waals surface area contributed by atoms with Crippen LogP contribution in [0.1, 0.15) is 5.69 Å². The number of ether oxygens (including phenoxy) is 1. The Bertz CT molecular complexity index is 265. The molecule has 1 aromatic rings. The lowest BCUT2D eigenvalue weighted by Gasteiger charge is -2.04.